The molecule has 0 aromatic carbocycles. The maximum absolute atomic E-state index is 11.4. The van der Waals surface area contributed by atoms with Crippen molar-refractivity contribution in [3.8, 4) is 0 Å². The SMILES string of the molecule is N[C@@H](CCC(=O)NC(=O)C(CS)CS)C(=O)O. The highest BCUT2D eigenvalue weighted by Gasteiger charge is 2.19. The second-order valence-corrected chi connectivity index (χ2v) is 4.19. The topological polar surface area (TPSA) is 109 Å². The van der Waals surface area contributed by atoms with Gasteiger partial charge in [0.2, 0.25) is 11.8 Å². The second-order valence-electron chi connectivity index (χ2n) is 3.46. The monoisotopic (exact) mass is 280 g/mol. The number of nitrogens with one attached hydrogen (secondary N) is 1. The van der Waals surface area contributed by atoms with Crippen molar-refractivity contribution < 1.29 is 19.5 Å². The Hall–Kier alpha value is -0.730. The first kappa shape index (κ1) is 16.3. The van der Waals surface area contributed by atoms with Gasteiger partial charge in [-0.1, -0.05) is 0 Å². The lowest BCUT2D eigenvalue weighted by atomic mass is 10.1. The average molecular weight is 280 g/mol. The summed E-state index contributed by atoms with van der Waals surface area (Å²) in [5.41, 5.74) is 5.22. The minimum Gasteiger partial charge on any atom is -0.480 e. The molecule has 2 amide bonds. The molecule has 0 fully saturated rings. The van der Waals surface area contributed by atoms with Crippen LogP contribution in [0.2, 0.25) is 0 Å². The minimum absolute atomic E-state index is 0.0130. The van der Waals surface area contributed by atoms with E-state index in [0.717, 1.165) is 0 Å². The number of carboxylic acid groups (broad SMARTS) is 1. The fraction of sp³-hybridized carbons (Fsp3) is 0.667. The van der Waals surface area contributed by atoms with Gasteiger partial charge in [-0.15, -0.1) is 0 Å². The van der Waals surface area contributed by atoms with Gasteiger partial charge in [-0.25, -0.2) is 0 Å². The zero-order valence-electron chi connectivity index (χ0n) is 9.13. The van der Waals surface area contributed by atoms with Crippen molar-refractivity contribution in [2.24, 2.45) is 11.7 Å². The molecule has 4 N–H and O–H groups in total. The molecular weight excluding hydrogens is 264 g/mol. The third-order valence-corrected chi connectivity index (χ3v) is 2.96. The van der Waals surface area contributed by atoms with Gasteiger partial charge in [-0.2, -0.15) is 25.3 Å². The summed E-state index contributed by atoms with van der Waals surface area (Å²) in [6.07, 6.45) is -0.119. The number of hydrogen-bond donors (Lipinski definition) is 5. The van der Waals surface area contributed by atoms with Crippen LogP contribution in [0.3, 0.4) is 0 Å². The van der Waals surface area contributed by atoms with E-state index >= 15 is 0 Å². The van der Waals surface area contributed by atoms with Gasteiger partial charge >= 0.3 is 5.97 Å². The average Bonchev–Trinajstić information content (AvgIpc) is 2.27. The molecule has 0 bridgehead atoms. The van der Waals surface area contributed by atoms with E-state index in [1.807, 2.05) is 0 Å². The first-order valence-corrected chi connectivity index (χ1v) is 6.22. The minimum atomic E-state index is -1.17. The predicted octanol–water partition coefficient (Wildman–Crippen LogP) is -0.703. The van der Waals surface area contributed by atoms with Crippen LogP contribution in [-0.4, -0.2) is 40.4 Å². The summed E-state index contributed by atoms with van der Waals surface area (Å²) in [6, 6.07) is -1.10. The summed E-state index contributed by atoms with van der Waals surface area (Å²) < 4.78 is 0. The number of amides is 2. The van der Waals surface area contributed by atoms with E-state index in [2.05, 4.69) is 30.6 Å². The summed E-state index contributed by atoms with van der Waals surface area (Å²) in [7, 11) is 0. The van der Waals surface area contributed by atoms with Gasteiger partial charge in [0.05, 0.1) is 5.92 Å². The smallest absolute Gasteiger partial charge is 0.320 e. The number of nitrogens with two attached hydrogens (primary N) is 1. The summed E-state index contributed by atoms with van der Waals surface area (Å²) in [6.45, 7) is 0. The molecule has 98 valence electrons. The van der Waals surface area contributed by atoms with Crippen molar-refractivity contribution in [2.45, 2.75) is 18.9 Å². The Morgan fingerprint density at radius 3 is 2.18 bits per heavy atom. The van der Waals surface area contributed by atoms with Crippen molar-refractivity contribution in [3.05, 3.63) is 0 Å². The molecule has 0 rings (SSSR count). The van der Waals surface area contributed by atoms with Crippen LogP contribution in [0.5, 0.6) is 0 Å². The van der Waals surface area contributed by atoms with E-state index in [9.17, 15) is 14.4 Å². The lowest BCUT2D eigenvalue weighted by Gasteiger charge is -2.11. The number of rotatable bonds is 7. The number of carbonyl (C=O) groups is 3. The third-order valence-electron chi connectivity index (χ3n) is 2.07. The van der Waals surface area contributed by atoms with E-state index in [1.165, 1.54) is 0 Å². The highest BCUT2D eigenvalue weighted by Crippen LogP contribution is 2.02. The predicted molar refractivity (Wildman–Crippen MR) is 69.2 cm³/mol. The summed E-state index contributed by atoms with van der Waals surface area (Å²) in [4.78, 5) is 33.1. The molecule has 0 aliphatic rings. The van der Waals surface area contributed by atoms with Crippen LogP contribution >= 0.6 is 25.3 Å². The number of carbonyl (C=O) groups excluding carboxylic acids is 2. The van der Waals surface area contributed by atoms with E-state index in [-0.39, 0.29) is 24.3 Å². The number of aliphatic carboxylic acids is 1. The van der Waals surface area contributed by atoms with E-state index in [0.29, 0.717) is 0 Å². The van der Waals surface area contributed by atoms with Crippen LogP contribution in [0.15, 0.2) is 0 Å². The first-order valence-electron chi connectivity index (χ1n) is 4.96. The van der Waals surface area contributed by atoms with Crippen molar-refractivity contribution in [3.63, 3.8) is 0 Å². The van der Waals surface area contributed by atoms with Gasteiger partial charge in [0.25, 0.3) is 0 Å². The van der Waals surface area contributed by atoms with Gasteiger partial charge in [-0.3, -0.25) is 19.7 Å². The molecule has 0 aliphatic heterocycles. The molecule has 8 heteroatoms. The maximum Gasteiger partial charge on any atom is 0.320 e. The second kappa shape index (κ2) is 8.37. The zero-order valence-corrected chi connectivity index (χ0v) is 10.9. The molecular formula is C9H16N2O4S2. The van der Waals surface area contributed by atoms with E-state index in [1.54, 1.807) is 0 Å². The van der Waals surface area contributed by atoms with Crippen molar-refractivity contribution >= 4 is 43.0 Å². The Balaban J connectivity index is 4.02. The molecule has 6 nitrogen and oxygen atoms in total. The molecule has 0 heterocycles. The molecule has 0 saturated heterocycles. The van der Waals surface area contributed by atoms with Gasteiger partial charge in [0.1, 0.15) is 6.04 Å². The largest absolute Gasteiger partial charge is 0.480 e. The van der Waals surface area contributed by atoms with E-state index in [4.69, 9.17) is 10.8 Å². The Labute approximate surface area is 110 Å². The van der Waals surface area contributed by atoms with Gasteiger partial charge in [0, 0.05) is 17.9 Å². The Kier molecular flexibility index (Phi) is 8.01. The molecule has 0 aromatic rings. The fourth-order valence-electron chi connectivity index (χ4n) is 0.936. The van der Waals surface area contributed by atoms with Gasteiger partial charge in [0.15, 0.2) is 0 Å². The number of imide groups is 1. The Morgan fingerprint density at radius 1 is 1.24 bits per heavy atom. The number of thiol groups is 2. The number of hydrogen-bond acceptors (Lipinski definition) is 6. The van der Waals surface area contributed by atoms with Crippen LogP contribution in [0, 0.1) is 5.92 Å². The zero-order chi connectivity index (χ0) is 13.4. The van der Waals surface area contributed by atoms with Crippen LogP contribution in [0.25, 0.3) is 0 Å². The van der Waals surface area contributed by atoms with Crippen LogP contribution in [0.1, 0.15) is 12.8 Å². The van der Waals surface area contributed by atoms with Crippen LogP contribution < -0.4 is 11.1 Å². The van der Waals surface area contributed by atoms with Crippen LogP contribution in [-0.2, 0) is 14.4 Å². The summed E-state index contributed by atoms with van der Waals surface area (Å²) in [5, 5.41) is 10.6. The van der Waals surface area contributed by atoms with Gasteiger partial charge < -0.3 is 10.8 Å². The first-order chi connectivity index (χ1) is 7.92. The molecule has 0 aromatic heterocycles. The van der Waals surface area contributed by atoms with Crippen LogP contribution in [0.4, 0.5) is 0 Å². The Bertz CT molecular complexity index is 295. The third kappa shape index (κ3) is 6.54. The highest BCUT2D eigenvalue weighted by molar-refractivity contribution is 7.81. The standard InChI is InChI=1S/C9H16N2O4S2/c10-6(9(14)15)1-2-7(12)11-8(13)5(3-16)4-17/h5-6,16-17H,1-4,10H2,(H,14,15)(H,11,12,13)/t6-/m0/s1. The van der Waals surface area contributed by atoms with Crippen molar-refractivity contribution in [2.75, 3.05) is 11.5 Å². The molecule has 0 spiro atoms. The number of carboxylic acids is 1. The normalized spacial score (nSPS) is 12.2. The molecule has 0 aliphatic carbocycles. The molecule has 0 unspecified atom stereocenters. The molecule has 17 heavy (non-hydrogen) atoms. The maximum atomic E-state index is 11.4. The summed E-state index contributed by atoms with van der Waals surface area (Å²) >= 11 is 7.90. The fourth-order valence-corrected chi connectivity index (χ4v) is 1.73. The lowest BCUT2D eigenvalue weighted by molar-refractivity contribution is -0.138. The van der Waals surface area contributed by atoms with Crippen molar-refractivity contribution in [1.29, 1.82) is 0 Å². The van der Waals surface area contributed by atoms with Crippen molar-refractivity contribution in [1.82, 2.24) is 5.32 Å². The highest BCUT2D eigenvalue weighted by atomic mass is 32.1. The Morgan fingerprint density at radius 2 is 1.76 bits per heavy atom. The summed E-state index contributed by atoms with van der Waals surface area (Å²) in [5.74, 6) is -2.04. The lowest BCUT2D eigenvalue weighted by Crippen LogP contribution is -2.38. The van der Waals surface area contributed by atoms with Gasteiger partial charge in [-0.05, 0) is 6.42 Å². The molecule has 0 saturated carbocycles. The molecule has 0 radical (unpaired) electrons. The quantitative estimate of drug-likeness (QED) is 0.396. The van der Waals surface area contributed by atoms with E-state index < -0.39 is 29.7 Å². The molecule has 1 atom stereocenters.